The topological polar surface area (TPSA) is 29.5 Å². The molecule has 0 radical (unpaired) electrons. The zero-order chi connectivity index (χ0) is 11.1. The molecule has 0 aromatic heterocycles. The molecule has 2 rings (SSSR count). The molecule has 1 amide bonds. The second-order valence-corrected chi connectivity index (χ2v) is 4.40. The van der Waals surface area contributed by atoms with Crippen LogP contribution in [0.15, 0.2) is 30.3 Å². The fraction of sp³-hybridized carbons (Fsp3) is 0.417. The Hall–Kier alpha value is -1.51. The van der Waals surface area contributed by atoms with Gasteiger partial charge in [0, 0.05) is 7.05 Å². The molecule has 1 aliphatic rings. The van der Waals surface area contributed by atoms with Gasteiger partial charge in [-0.2, -0.15) is 0 Å². The number of hydrogen-bond acceptors (Lipinski definition) is 2. The number of amides is 1. The molecule has 0 N–H and O–H groups in total. The number of benzene rings is 1. The zero-order valence-electron chi connectivity index (χ0n) is 9.23. The molecule has 1 atom stereocenters. The second kappa shape index (κ2) is 3.26. The molecular weight excluding hydrogens is 190 g/mol. The van der Waals surface area contributed by atoms with E-state index in [9.17, 15) is 4.79 Å². The summed E-state index contributed by atoms with van der Waals surface area (Å²) < 4.78 is 5.31. The molecule has 1 saturated heterocycles. The van der Waals surface area contributed by atoms with E-state index in [4.69, 9.17) is 4.74 Å². The molecule has 0 spiro atoms. The van der Waals surface area contributed by atoms with Crippen LogP contribution in [0.4, 0.5) is 4.79 Å². The van der Waals surface area contributed by atoms with E-state index in [0.29, 0.717) is 0 Å². The third kappa shape index (κ3) is 1.58. The summed E-state index contributed by atoms with van der Waals surface area (Å²) in [7, 11) is 1.77. The highest BCUT2D eigenvalue weighted by molar-refractivity contribution is 5.71. The Balaban J connectivity index is 2.40. The summed E-state index contributed by atoms with van der Waals surface area (Å²) in [6.07, 6.45) is -0.256. The number of carbonyl (C=O) groups excluding carboxylic acids is 1. The van der Waals surface area contributed by atoms with Gasteiger partial charge in [0.15, 0.2) is 0 Å². The zero-order valence-corrected chi connectivity index (χ0v) is 9.23. The van der Waals surface area contributed by atoms with Gasteiger partial charge < -0.3 is 9.64 Å². The predicted molar refractivity (Wildman–Crippen MR) is 57.5 cm³/mol. The van der Waals surface area contributed by atoms with Crippen molar-refractivity contribution in [2.75, 3.05) is 7.05 Å². The first-order valence-electron chi connectivity index (χ1n) is 5.03. The lowest BCUT2D eigenvalue weighted by atomic mass is 9.92. The maximum absolute atomic E-state index is 11.5. The van der Waals surface area contributed by atoms with Crippen LogP contribution in [0.5, 0.6) is 0 Å². The standard InChI is InChI=1S/C12H15NO2/c1-12(2)10(13(3)11(14)15-12)9-7-5-4-6-8-9/h4-8,10H,1-3H3/t10-/m1/s1. The van der Waals surface area contributed by atoms with Gasteiger partial charge in [0.2, 0.25) is 0 Å². The minimum absolute atomic E-state index is 0.00815. The highest BCUT2D eigenvalue weighted by Crippen LogP contribution is 2.39. The van der Waals surface area contributed by atoms with E-state index in [2.05, 4.69) is 0 Å². The summed E-state index contributed by atoms with van der Waals surface area (Å²) in [5.74, 6) is 0. The molecule has 0 aliphatic carbocycles. The average Bonchev–Trinajstić information content (AvgIpc) is 2.37. The summed E-state index contributed by atoms with van der Waals surface area (Å²) in [6.45, 7) is 3.87. The van der Waals surface area contributed by atoms with Gasteiger partial charge in [0.1, 0.15) is 5.60 Å². The quantitative estimate of drug-likeness (QED) is 0.705. The molecular formula is C12H15NO2. The van der Waals surface area contributed by atoms with Crippen molar-refractivity contribution in [2.45, 2.75) is 25.5 Å². The minimum Gasteiger partial charge on any atom is -0.441 e. The van der Waals surface area contributed by atoms with Crippen LogP contribution in [0.25, 0.3) is 0 Å². The van der Waals surface area contributed by atoms with Crippen molar-refractivity contribution in [1.82, 2.24) is 4.90 Å². The van der Waals surface area contributed by atoms with Crippen molar-refractivity contribution in [1.29, 1.82) is 0 Å². The van der Waals surface area contributed by atoms with Crippen LogP contribution in [-0.4, -0.2) is 23.6 Å². The fourth-order valence-corrected chi connectivity index (χ4v) is 2.18. The smallest absolute Gasteiger partial charge is 0.410 e. The monoisotopic (exact) mass is 205 g/mol. The van der Waals surface area contributed by atoms with Crippen LogP contribution in [0.1, 0.15) is 25.5 Å². The van der Waals surface area contributed by atoms with Crippen molar-refractivity contribution >= 4 is 6.09 Å². The van der Waals surface area contributed by atoms with Crippen LogP contribution in [-0.2, 0) is 4.74 Å². The summed E-state index contributed by atoms with van der Waals surface area (Å²) in [4.78, 5) is 13.1. The number of rotatable bonds is 1. The Bertz CT molecular complexity index is 372. The van der Waals surface area contributed by atoms with E-state index < -0.39 is 5.60 Å². The van der Waals surface area contributed by atoms with Gasteiger partial charge in [-0.3, -0.25) is 0 Å². The lowest BCUT2D eigenvalue weighted by Crippen LogP contribution is -2.31. The van der Waals surface area contributed by atoms with E-state index >= 15 is 0 Å². The number of hydrogen-bond donors (Lipinski definition) is 0. The molecule has 1 aromatic rings. The SMILES string of the molecule is CN1C(=O)OC(C)(C)[C@H]1c1ccccc1. The Morgan fingerprint density at radius 2 is 1.87 bits per heavy atom. The Morgan fingerprint density at radius 3 is 2.33 bits per heavy atom. The molecule has 1 heterocycles. The van der Waals surface area contributed by atoms with E-state index in [1.807, 2.05) is 44.2 Å². The summed E-state index contributed by atoms with van der Waals surface area (Å²) in [5.41, 5.74) is 0.642. The first kappa shape index (κ1) is 10.0. The summed E-state index contributed by atoms with van der Waals surface area (Å²) in [5, 5.41) is 0. The lowest BCUT2D eigenvalue weighted by Gasteiger charge is -2.27. The van der Waals surface area contributed by atoms with Crippen molar-refractivity contribution in [3.05, 3.63) is 35.9 Å². The largest absolute Gasteiger partial charge is 0.441 e. The van der Waals surface area contributed by atoms with Gasteiger partial charge in [0.25, 0.3) is 0 Å². The second-order valence-electron chi connectivity index (χ2n) is 4.40. The molecule has 80 valence electrons. The third-order valence-corrected chi connectivity index (χ3v) is 2.80. The van der Waals surface area contributed by atoms with Gasteiger partial charge in [-0.15, -0.1) is 0 Å². The highest BCUT2D eigenvalue weighted by atomic mass is 16.6. The first-order chi connectivity index (χ1) is 7.02. The van der Waals surface area contributed by atoms with E-state index in [0.717, 1.165) is 5.56 Å². The van der Waals surface area contributed by atoms with E-state index in [-0.39, 0.29) is 12.1 Å². The number of cyclic esters (lactones) is 1. The molecule has 1 fully saturated rings. The summed E-state index contributed by atoms with van der Waals surface area (Å²) >= 11 is 0. The molecule has 15 heavy (non-hydrogen) atoms. The summed E-state index contributed by atoms with van der Waals surface area (Å²) in [6, 6.07) is 9.94. The van der Waals surface area contributed by atoms with Gasteiger partial charge in [0.05, 0.1) is 6.04 Å². The number of ether oxygens (including phenoxy) is 1. The Morgan fingerprint density at radius 1 is 1.27 bits per heavy atom. The minimum atomic E-state index is -0.465. The number of likely N-dealkylation sites (N-methyl/N-ethyl adjacent to an activating group) is 1. The fourth-order valence-electron chi connectivity index (χ4n) is 2.18. The third-order valence-electron chi connectivity index (χ3n) is 2.80. The number of carbonyl (C=O) groups is 1. The molecule has 3 nitrogen and oxygen atoms in total. The van der Waals surface area contributed by atoms with Crippen LogP contribution in [0.3, 0.4) is 0 Å². The molecule has 1 aliphatic heterocycles. The predicted octanol–water partition coefficient (Wildman–Crippen LogP) is 2.59. The first-order valence-corrected chi connectivity index (χ1v) is 5.03. The van der Waals surface area contributed by atoms with E-state index in [1.165, 1.54) is 0 Å². The molecule has 0 bridgehead atoms. The van der Waals surface area contributed by atoms with Crippen molar-refractivity contribution in [3.8, 4) is 0 Å². The van der Waals surface area contributed by atoms with Crippen LogP contribution in [0.2, 0.25) is 0 Å². The van der Waals surface area contributed by atoms with Crippen LogP contribution >= 0.6 is 0 Å². The van der Waals surface area contributed by atoms with Gasteiger partial charge in [-0.1, -0.05) is 30.3 Å². The van der Waals surface area contributed by atoms with Crippen LogP contribution in [0, 0.1) is 0 Å². The Kier molecular flexibility index (Phi) is 2.18. The normalized spacial score (nSPS) is 24.1. The molecule has 1 aromatic carbocycles. The van der Waals surface area contributed by atoms with E-state index in [1.54, 1.807) is 11.9 Å². The van der Waals surface area contributed by atoms with Crippen molar-refractivity contribution in [3.63, 3.8) is 0 Å². The van der Waals surface area contributed by atoms with Crippen molar-refractivity contribution in [2.24, 2.45) is 0 Å². The number of nitrogens with zero attached hydrogens (tertiary/aromatic N) is 1. The van der Waals surface area contributed by atoms with Crippen molar-refractivity contribution < 1.29 is 9.53 Å². The molecule has 3 heteroatoms. The van der Waals surface area contributed by atoms with Gasteiger partial charge >= 0.3 is 6.09 Å². The van der Waals surface area contributed by atoms with Gasteiger partial charge in [-0.25, -0.2) is 4.79 Å². The maximum Gasteiger partial charge on any atom is 0.410 e. The highest BCUT2D eigenvalue weighted by Gasteiger charge is 2.46. The van der Waals surface area contributed by atoms with Crippen LogP contribution < -0.4 is 0 Å². The maximum atomic E-state index is 11.5. The lowest BCUT2D eigenvalue weighted by molar-refractivity contribution is 0.0677. The average molecular weight is 205 g/mol. The van der Waals surface area contributed by atoms with Gasteiger partial charge in [-0.05, 0) is 19.4 Å². The Labute approximate surface area is 89.7 Å². The molecule has 0 saturated carbocycles. The molecule has 0 unspecified atom stereocenters.